The van der Waals surface area contributed by atoms with E-state index in [-0.39, 0.29) is 0 Å². The second-order valence-electron chi connectivity index (χ2n) is 3.77. The van der Waals surface area contributed by atoms with Gasteiger partial charge in [-0.1, -0.05) is 13.3 Å². The lowest BCUT2D eigenvalue weighted by atomic mass is 10.2. The summed E-state index contributed by atoms with van der Waals surface area (Å²) in [5, 5.41) is 4.36. The summed E-state index contributed by atoms with van der Waals surface area (Å²) >= 11 is 7.05. The molecule has 2 rings (SSSR count). The van der Waals surface area contributed by atoms with Crippen molar-refractivity contribution in [3.63, 3.8) is 0 Å². The van der Waals surface area contributed by atoms with Crippen molar-refractivity contribution in [3.05, 3.63) is 26.5 Å². The van der Waals surface area contributed by atoms with Crippen molar-refractivity contribution in [1.29, 1.82) is 0 Å². The summed E-state index contributed by atoms with van der Waals surface area (Å²) < 4.78 is 1.16. The molecule has 0 saturated carbocycles. The van der Waals surface area contributed by atoms with E-state index in [0.717, 1.165) is 28.2 Å². The van der Waals surface area contributed by atoms with Crippen LogP contribution in [0.3, 0.4) is 0 Å². The molecule has 0 radical (unpaired) electrons. The minimum absolute atomic E-state index is 0.916. The van der Waals surface area contributed by atoms with Gasteiger partial charge in [-0.2, -0.15) is 0 Å². The molecule has 17 heavy (non-hydrogen) atoms. The molecule has 2 heterocycles. The summed E-state index contributed by atoms with van der Waals surface area (Å²) in [6.45, 7) is 3.11. The Morgan fingerprint density at radius 1 is 1.35 bits per heavy atom. The molecule has 0 spiro atoms. The Labute approximate surface area is 118 Å². The number of nitrogens with one attached hydrogen (secondary N) is 1. The van der Waals surface area contributed by atoms with Crippen molar-refractivity contribution < 1.29 is 0 Å². The first-order valence-corrected chi connectivity index (χ1v) is 8.06. The van der Waals surface area contributed by atoms with E-state index in [1.165, 1.54) is 15.4 Å². The SMILES string of the molecule is CCCc1nc(-c2ccc(Br)s2)sc1CNC. The second kappa shape index (κ2) is 6.09. The van der Waals surface area contributed by atoms with Crippen LogP contribution in [0.15, 0.2) is 15.9 Å². The fourth-order valence-corrected chi connectivity index (χ4v) is 4.21. The van der Waals surface area contributed by atoms with Crippen molar-refractivity contribution in [2.75, 3.05) is 7.05 Å². The topological polar surface area (TPSA) is 24.9 Å². The van der Waals surface area contributed by atoms with Crippen LogP contribution < -0.4 is 5.32 Å². The third kappa shape index (κ3) is 3.16. The summed E-state index contributed by atoms with van der Waals surface area (Å²) in [6, 6.07) is 4.21. The van der Waals surface area contributed by atoms with Crippen LogP contribution in [0.25, 0.3) is 9.88 Å². The Kier molecular flexibility index (Phi) is 4.73. The average molecular weight is 331 g/mol. The zero-order chi connectivity index (χ0) is 12.3. The van der Waals surface area contributed by atoms with Gasteiger partial charge in [0.05, 0.1) is 14.4 Å². The van der Waals surface area contributed by atoms with Gasteiger partial charge in [0.15, 0.2) is 0 Å². The van der Waals surface area contributed by atoms with E-state index in [4.69, 9.17) is 4.98 Å². The number of thiazole rings is 1. The molecule has 2 nitrogen and oxygen atoms in total. The predicted molar refractivity (Wildman–Crippen MR) is 79.9 cm³/mol. The van der Waals surface area contributed by atoms with E-state index in [1.807, 2.05) is 7.05 Å². The van der Waals surface area contributed by atoms with E-state index >= 15 is 0 Å². The van der Waals surface area contributed by atoms with Gasteiger partial charge < -0.3 is 5.32 Å². The molecule has 0 aliphatic carbocycles. The lowest BCUT2D eigenvalue weighted by Crippen LogP contribution is -2.05. The van der Waals surface area contributed by atoms with Gasteiger partial charge in [0.1, 0.15) is 5.01 Å². The maximum absolute atomic E-state index is 4.77. The molecule has 0 aromatic carbocycles. The molecule has 0 bridgehead atoms. The van der Waals surface area contributed by atoms with Gasteiger partial charge in [-0.25, -0.2) is 4.98 Å². The minimum atomic E-state index is 0.916. The number of aromatic nitrogens is 1. The Morgan fingerprint density at radius 2 is 2.18 bits per heavy atom. The van der Waals surface area contributed by atoms with Crippen LogP contribution in [0.5, 0.6) is 0 Å². The predicted octanol–water partition coefficient (Wildman–Crippen LogP) is 4.31. The quantitative estimate of drug-likeness (QED) is 0.883. The number of halogens is 1. The molecule has 1 N–H and O–H groups in total. The van der Waals surface area contributed by atoms with Crippen molar-refractivity contribution >= 4 is 38.6 Å². The smallest absolute Gasteiger partial charge is 0.133 e. The normalized spacial score (nSPS) is 11.0. The molecule has 0 unspecified atom stereocenters. The van der Waals surface area contributed by atoms with Crippen molar-refractivity contribution in [2.45, 2.75) is 26.3 Å². The lowest BCUT2D eigenvalue weighted by Gasteiger charge is -1.98. The Hall–Kier alpha value is -0.230. The molecular formula is C12H15BrN2S2. The third-order valence-corrected chi connectivity index (χ3v) is 5.28. The first-order valence-electron chi connectivity index (χ1n) is 5.63. The number of hydrogen-bond acceptors (Lipinski definition) is 4. The van der Waals surface area contributed by atoms with Gasteiger partial charge in [-0.05, 0) is 41.5 Å². The maximum Gasteiger partial charge on any atom is 0.133 e. The highest BCUT2D eigenvalue weighted by molar-refractivity contribution is 9.11. The molecule has 0 aliphatic rings. The van der Waals surface area contributed by atoms with Crippen LogP contribution in [0.2, 0.25) is 0 Å². The monoisotopic (exact) mass is 330 g/mol. The zero-order valence-electron chi connectivity index (χ0n) is 9.92. The highest BCUT2D eigenvalue weighted by Crippen LogP contribution is 2.35. The van der Waals surface area contributed by atoms with E-state index in [0.29, 0.717) is 0 Å². The molecule has 0 fully saturated rings. The zero-order valence-corrected chi connectivity index (χ0v) is 13.1. The van der Waals surface area contributed by atoms with Crippen LogP contribution >= 0.6 is 38.6 Å². The van der Waals surface area contributed by atoms with Gasteiger partial charge in [-0.15, -0.1) is 22.7 Å². The van der Waals surface area contributed by atoms with E-state index < -0.39 is 0 Å². The van der Waals surface area contributed by atoms with Gasteiger partial charge >= 0.3 is 0 Å². The van der Waals surface area contributed by atoms with Crippen LogP contribution in [-0.2, 0) is 13.0 Å². The molecule has 0 saturated heterocycles. The number of hydrogen-bond donors (Lipinski definition) is 1. The molecule has 0 atom stereocenters. The minimum Gasteiger partial charge on any atom is -0.315 e. The second-order valence-corrected chi connectivity index (χ2v) is 7.32. The number of rotatable bonds is 5. The third-order valence-electron chi connectivity index (χ3n) is 2.39. The summed E-state index contributed by atoms with van der Waals surface area (Å²) in [5.41, 5.74) is 1.26. The molecule has 5 heteroatoms. The van der Waals surface area contributed by atoms with Crippen molar-refractivity contribution in [3.8, 4) is 9.88 Å². The van der Waals surface area contributed by atoms with Crippen molar-refractivity contribution in [2.24, 2.45) is 0 Å². The largest absolute Gasteiger partial charge is 0.315 e. The first-order chi connectivity index (χ1) is 8.24. The summed E-state index contributed by atoms with van der Waals surface area (Å²) in [7, 11) is 1.98. The Bertz CT molecular complexity index is 467. The highest BCUT2D eigenvalue weighted by Gasteiger charge is 2.12. The maximum atomic E-state index is 4.77. The molecular weight excluding hydrogens is 316 g/mol. The van der Waals surface area contributed by atoms with Gasteiger partial charge in [0, 0.05) is 11.4 Å². The van der Waals surface area contributed by atoms with Gasteiger partial charge in [0.25, 0.3) is 0 Å². The molecule has 0 amide bonds. The lowest BCUT2D eigenvalue weighted by molar-refractivity contribution is 0.798. The van der Waals surface area contributed by atoms with Gasteiger partial charge in [-0.3, -0.25) is 0 Å². The number of nitrogens with zero attached hydrogens (tertiary/aromatic N) is 1. The van der Waals surface area contributed by atoms with Crippen LogP contribution in [-0.4, -0.2) is 12.0 Å². The molecule has 2 aromatic rings. The average Bonchev–Trinajstić information content (AvgIpc) is 2.87. The molecule has 92 valence electrons. The number of aryl methyl sites for hydroxylation is 1. The fraction of sp³-hybridized carbons (Fsp3) is 0.417. The van der Waals surface area contributed by atoms with Crippen LogP contribution in [0.1, 0.15) is 23.9 Å². The molecule has 2 aromatic heterocycles. The standard InChI is InChI=1S/C12H15BrN2S2/c1-3-4-8-10(7-14-2)17-12(15-8)9-5-6-11(13)16-9/h5-6,14H,3-4,7H2,1-2H3. The van der Waals surface area contributed by atoms with Crippen LogP contribution in [0, 0.1) is 0 Å². The van der Waals surface area contributed by atoms with E-state index in [2.05, 4.69) is 40.3 Å². The van der Waals surface area contributed by atoms with E-state index in [9.17, 15) is 0 Å². The summed E-state index contributed by atoms with van der Waals surface area (Å²) in [6.07, 6.45) is 2.22. The Balaban J connectivity index is 2.32. The number of thiophene rings is 1. The summed E-state index contributed by atoms with van der Waals surface area (Å²) in [4.78, 5) is 7.39. The summed E-state index contributed by atoms with van der Waals surface area (Å²) in [5.74, 6) is 0. The fourth-order valence-electron chi connectivity index (χ4n) is 1.65. The van der Waals surface area contributed by atoms with Crippen LogP contribution in [0.4, 0.5) is 0 Å². The van der Waals surface area contributed by atoms with E-state index in [1.54, 1.807) is 22.7 Å². The van der Waals surface area contributed by atoms with Crippen molar-refractivity contribution in [1.82, 2.24) is 10.3 Å². The molecule has 0 aliphatic heterocycles. The highest BCUT2D eigenvalue weighted by atomic mass is 79.9. The van der Waals surface area contributed by atoms with Gasteiger partial charge in [0.2, 0.25) is 0 Å². The Morgan fingerprint density at radius 3 is 2.76 bits per heavy atom. The first kappa shape index (κ1) is 13.2.